The minimum absolute atomic E-state index is 0.0488. The number of nitrogens with one attached hydrogen (secondary N) is 1. The molecule has 1 N–H and O–H groups in total. The van der Waals surface area contributed by atoms with E-state index >= 15 is 0 Å². The zero-order chi connectivity index (χ0) is 14.4. The molecular formula is C18H18N2O. The molecule has 2 aromatic carbocycles. The Hall–Kier alpha value is -2.29. The van der Waals surface area contributed by atoms with Crippen molar-refractivity contribution in [1.82, 2.24) is 9.88 Å². The lowest BCUT2D eigenvalue weighted by molar-refractivity contribution is 0.0951. The molecule has 1 saturated carbocycles. The molecule has 0 saturated heterocycles. The van der Waals surface area contributed by atoms with E-state index in [4.69, 9.17) is 0 Å². The predicted molar refractivity (Wildman–Crippen MR) is 85.6 cm³/mol. The van der Waals surface area contributed by atoms with E-state index < -0.39 is 0 Å². The Morgan fingerprint density at radius 1 is 1.14 bits per heavy atom. The molecule has 0 bridgehead atoms. The SMILES string of the molecule is CCn1c2ccccc2c2cc(C(=O)NC3CC3)ccc21. The topological polar surface area (TPSA) is 34.0 Å². The molecule has 0 radical (unpaired) electrons. The van der Waals surface area contributed by atoms with E-state index in [2.05, 4.69) is 47.1 Å². The molecule has 4 rings (SSSR count). The van der Waals surface area contributed by atoms with Crippen molar-refractivity contribution in [3.05, 3.63) is 48.0 Å². The minimum atomic E-state index is 0.0488. The summed E-state index contributed by atoms with van der Waals surface area (Å²) in [7, 11) is 0. The van der Waals surface area contributed by atoms with Gasteiger partial charge >= 0.3 is 0 Å². The third-order valence-corrected chi connectivity index (χ3v) is 4.26. The van der Waals surface area contributed by atoms with Crippen LogP contribution in [0.25, 0.3) is 21.8 Å². The third-order valence-electron chi connectivity index (χ3n) is 4.26. The van der Waals surface area contributed by atoms with Gasteiger partial charge in [0, 0.05) is 40.0 Å². The van der Waals surface area contributed by atoms with Gasteiger partial charge in [-0.2, -0.15) is 0 Å². The van der Waals surface area contributed by atoms with Crippen LogP contribution < -0.4 is 5.32 Å². The number of nitrogens with zero attached hydrogens (tertiary/aromatic N) is 1. The van der Waals surface area contributed by atoms with Crippen LogP contribution in [0.2, 0.25) is 0 Å². The monoisotopic (exact) mass is 278 g/mol. The Morgan fingerprint density at radius 2 is 1.90 bits per heavy atom. The molecule has 0 atom stereocenters. The summed E-state index contributed by atoms with van der Waals surface area (Å²) in [4.78, 5) is 12.2. The molecule has 106 valence electrons. The Kier molecular flexibility index (Phi) is 2.74. The fourth-order valence-corrected chi connectivity index (χ4v) is 3.03. The van der Waals surface area contributed by atoms with Crippen LogP contribution in [-0.4, -0.2) is 16.5 Å². The number of hydrogen-bond acceptors (Lipinski definition) is 1. The first-order chi connectivity index (χ1) is 10.3. The van der Waals surface area contributed by atoms with Gasteiger partial charge in [-0.3, -0.25) is 4.79 Å². The molecule has 0 aliphatic heterocycles. The number of rotatable bonds is 3. The highest BCUT2D eigenvalue weighted by atomic mass is 16.1. The molecule has 3 heteroatoms. The maximum absolute atomic E-state index is 12.2. The lowest BCUT2D eigenvalue weighted by Gasteiger charge is -2.05. The third kappa shape index (κ3) is 2.00. The lowest BCUT2D eigenvalue weighted by Crippen LogP contribution is -2.25. The Bertz CT molecular complexity index is 843. The van der Waals surface area contributed by atoms with Crippen LogP contribution in [0.5, 0.6) is 0 Å². The highest BCUT2D eigenvalue weighted by Crippen LogP contribution is 2.30. The first-order valence-electron chi connectivity index (χ1n) is 7.60. The Balaban J connectivity index is 1.90. The van der Waals surface area contributed by atoms with Crippen LogP contribution in [0.4, 0.5) is 0 Å². The van der Waals surface area contributed by atoms with E-state index in [1.54, 1.807) is 0 Å². The van der Waals surface area contributed by atoms with Crippen molar-refractivity contribution in [3.8, 4) is 0 Å². The first-order valence-corrected chi connectivity index (χ1v) is 7.60. The summed E-state index contributed by atoms with van der Waals surface area (Å²) in [5.41, 5.74) is 3.19. The van der Waals surface area contributed by atoms with E-state index in [1.807, 2.05) is 12.1 Å². The average molecular weight is 278 g/mol. The summed E-state index contributed by atoms with van der Waals surface area (Å²) in [5.74, 6) is 0.0488. The summed E-state index contributed by atoms with van der Waals surface area (Å²) in [6.45, 7) is 3.08. The van der Waals surface area contributed by atoms with Crippen LogP contribution in [0.1, 0.15) is 30.1 Å². The van der Waals surface area contributed by atoms with Gasteiger partial charge in [0.25, 0.3) is 5.91 Å². The number of amides is 1. The fraction of sp³-hybridized carbons (Fsp3) is 0.278. The zero-order valence-electron chi connectivity index (χ0n) is 12.1. The number of fused-ring (bicyclic) bond motifs is 3. The second-order valence-corrected chi connectivity index (χ2v) is 5.74. The van der Waals surface area contributed by atoms with Gasteiger partial charge in [-0.25, -0.2) is 0 Å². The first kappa shape index (κ1) is 12.5. The van der Waals surface area contributed by atoms with Gasteiger partial charge in [0.05, 0.1) is 0 Å². The second kappa shape index (κ2) is 4.62. The van der Waals surface area contributed by atoms with Gasteiger partial charge in [0.15, 0.2) is 0 Å². The number of para-hydroxylation sites is 1. The average Bonchev–Trinajstić information content (AvgIpc) is 3.27. The Morgan fingerprint density at radius 3 is 2.67 bits per heavy atom. The van der Waals surface area contributed by atoms with Crippen LogP contribution in [0.15, 0.2) is 42.5 Å². The van der Waals surface area contributed by atoms with Crippen molar-refractivity contribution < 1.29 is 4.79 Å². The summed E-state index contributed by atoms with van der Waals surface area (Å²) >= 11 is 0. The molecule has 3 aromatic rings. The highest BCUT2D eigenvalue weighted by Gasteiger charge is 2.24. The fourth-order valence-electron chi connectivity index (χ4n) is 3.03. The van der Waals surface area contributed by atoms with Crippen LogP contribution in [0.3, 0.4) is 0 Å². The van der Waals surface area contributed by atoms with E-state index in [0.717, 1.165) is 30.3 Å². The summed E-state index contributed by atoms with van der Waals surface area (Å²) in [6, 6.07) is 14.8. The van der Waals surface area contributed by atoms with Crippen molar-refractivity contribution >= 4 is 27.7 Å². The summed E-state index contributed by atoms with van der Waals surface area (Å²) in [5, 5.41) is 5.44. The number of aromatic nitrogens is 1. The molecular weight excluding hydrogens is 260 g/mol. The highest BCUT2D eigenvalue weighted by molar-refractivity contribution is 6.10. The molecule has 21 heavy (non-hydrogen) atoms. The molecule has 1 heterocycles. The number of benzene rings is 2. The molecule has 0 spiro atoms. The van der Waals surface area contributed by atoms with Gasteiger partial charge in [-0.05, 0) is 44.0 Å². The van der Waals surface area contributed by atoms with Crippen molar-refractivity contribution in [2.45, 2.75) is 32.4 Å². The van der Waals surface area contributed by atoms with Crippen LogP contribution in [-0.2, 0) is 6.54 Å². The van der Waals surface area contributed by atoms with Crippen molar-refractivity contribution in [3.63, 3.8) is 0 Å². The largest absolute Gasteiger partial charge is 0.349 e. The van der Waals surface area contributed by atoms with Crippen molar-refractivity contribution in [1.29, 1.82) is 0 Å². The van der Waals surface area contributed by atoms with E-state index in [-0.39, 0.29) is 5.91 Å². The Labute approximate surface area is 123 Å². The smallest absolute Gasteiger partial charge is 0.251 e. The molecule has 1 fully saturated rings. The van der Waals surface area contributed by atoms with Crippen molar-refractivity contribution in [2.24, 2.45) is 0 Å². The van der Waals surface area contributed by atoms with E-state index in [9.17, 15) is 4.79 Å². The predicted octanol–water partition coefficient (Wildman–Crippen LogP) is 3.71. The van der Waals surface area contributed by atoms with Gasteiger partial charge in [0.1, 0.15) is 0 Å². The summed E-state index contributed by atoms with van der Waals surface area (Å²) in [6.07, 6.45) is 2.23. The van der Waals surface area contributed by atoms with Gasteiger partial charge in [-0.15, -0.1) is 0 Å². The lowest BCUT2D eigenvalue weighted by atomic mass is 10.1. The van der Waals surface area contributed by atoms with Gasteiger partial charge in [0.2, 0.25) is 0 Å². The molecule has 3 nitrogen and oxygen atoms in total. The van der Waals surface area contributed by atoms with E-state index in [0.29, 0.717) is 6.04 Å². The van der Waals surface area contributed by atoms with Gasteiger partial charge < -0.3 is 9.88 Å². The number of hydrogen-bond donors (Lipinski definition) is 1. The van der Waals surface area contributed by atoms with Crippen molar-refractivity contribution in [2.75, 3.05) is 0 Å². The maximum atomic E-state index is 12.2. The van der Waals surface area contributed by atoms with Crippen LogP contribution >= 0.6 is 0 Å². The number of carbonyl (C=O) groups is 1. The molecule has 1 aliphatic carbocycles. The standard InChI is InChI=1S/C18H18N2O/c1-2-20-16-6-4-3-5-14(16)15-11-12(7-10-17(15)20)18(21)19-13-8-9-13/h3-7,10-11,13H,2,8-9H2,1H3,(H,19,21). The molecule has 0 unspecified atom stereocenters. The van der Waals surface area contributed by atoms with Gasteiger partial charge in [-0.1, -0.05) is 18.2 Å². The second-order valence-electron chi connectivity index (χ2n) is 5.74. The molecule has 1 aliphatic rings. The zero-order valence-corrected chi connectivity index (χ0v) is 12.1. The number of carbonyl (C=O) groups excluding carboxylic acids is 1. The number of aryl methyl sites for hydroxylation is 1. The van der Waals surface area contributed by atoms with E-state index in [1.165, 1.54) is 16.4 Å². The summed E-state index contributed by atoms with van der Waals surface area (Å²) < 4.78 is 2.30. The normalized spacial score (nSPS) is 14.7. The molecule has 1 aromatic heterocycles. The maximum Gasteiger partial charge on any atom is 0.251 e. The molecule has 1 amide bonds. The quantitative estimate of drug-likeness (QED) is 0.778. The van der Waals surface area contributed by atoms with Crippen LogP contribution in [0, 0.1) is 0 Å². The minimum Gasteiger partial charge on any atom is -0.349 e.